The van der Waals surface area contributed by atoms with Crippen molar-refractivity contribution in [2.45, 2.75) is 24.6 Å². The summed E-state index contributed by atoms with van der Waals surface area (Å²) in [6.45, 7) is 0. The molecule has 0 amide bonds. The Morgan fingerprint density at radius 3 is 2.53 bits per heavy atom. The van der Waals surface area contributed by atoms with Crippen molar-refractivity contribution in [1.29, 1.82) is 0 Å². The summed E-state index contributed by atoms with van der Waals surface area (Å²) in [6, 6.07) is 3.30. The molecule has 1 aliphatic heterocycles. The lowest BCUT2D eigenvalue weighted by Crippen LogP contribution is -2.36. The van der Waals surface area contributed by atoms with Crippen LogP contribution < -0.4 is 0 Å². The minimum Gasteiger partial charge on any atom is -0.387 e. The Hall–Kier alpha value is -0.790. The lowest BCUT2D eigenvalue weighted by molar-refractivity contribution is -0.120. The van der Waals surface area contributed by atoms with Crippen molar-refractivity contribution in [3.63, 3.8) is 0 Å². The summed E-state index contributed by atoms with van der Waals surface area (Å²) in [5.74, 6) is -0.423. The van der Waals surface area contributed by atoms with Gasteiger partial charge in [-0.15, -0.1) is 11.3 Å². The number of hydrogen-bond donors (Lipinski definition) is 3. The standard InChI is InChI=1S/C9H10O5S/c10-5(4-2-1-3-15-4)8-6(11)7(12)9(13)14-8/h1-3,6-9,11-13H/t6-,7-,8-,9?/m1/s1. The van der Waals surface area contributed by atoms with Crippen molar-refractivity contribution in [2.75, 3.05) is 0 Å². The largest absolute Gasteiger partial charge is 0.387 e. The van der Waals surface area contributed by atoms with E-state index < -0.39 is 30.4 Å². The number of ketones is 1. The molecule has 0 radical (unpaired) electrons. The first-order valence-corrected chi connectivity index (χ1v) is 5.26. The summed E-state index contributed by atoms with van der Waals surface area (Å²) < 4.78 is 4.78. The molecule has 1 unspecified atom stereocenters. The van der Waals surface area contributed by atoms with Crippen LogP contribution in [0.1, 0.15) is 9.67 Å². The van der Waals surface area contributed by atoms with Crippen LogP contribution >= 0.6 is 11.3 Å². The minimum atomic E-state index is -1.51. The van der Waals surface area contributed by atoms with Crippen LogP contribution in [0.15, 0.2) is 17.5 Å². The molecular formula is C9H10O5S. The van der Waals surface area contributed by atoms with E-state index in [-0.39, 0.29) is 0 Å². The number of rotatable bonds is 2. The zero-order chi connectivity index (χ0) is 11.0. The number of aliphatic hydroxyl groups excluding tert-OH is 3. The number of hydrogen-bond acceptors (Lipinski definition) is 6. The van der Waals surface area contributed by atoms with E-state index in [1.54, 1.807) is 17.5 Å². The van der Waals surface area contributed by atoms with Gasteiger partial charge in [-0.1, -0.05) is 6.07 Å². The summed E-state index contributed by atoms with van der Waals surface area (Å²) in [5, 5.41) is 29.5. The molecule has 1 aromatic rings. The number of Topliss-reactive ketones (excluding diaryl/α,β-unsaturated/α-hetero) is 1. The Balaban J connectivity index is 2.16. The van der Waals surface area contributed by atoms with Crippen molar-refractivity contribution < 1.29 is 24.9 Å². The highest BCUT2D eigenvalue weighted by Gasteiger charge is 2.45. The molecule has 0 aliphatic carbocycles. The fraction of sp³-hybridized carbons (Fsp3) is 0.444. The Morgan fingerprint density at radius 1 is 1.33 bits per heavy atom. The molecule has 6 heteroatoms. The van der Waals surface area contributed by atoms with Crippen molar-refractivity contribution >= 4 is 17.1 Å². The van der Waals surface area contributed by atoms with Crippen LogP contribution in [-0.4, -0.2) is 45.7 Å². The highest BCUT2D eigenvalue weighted by molar-refractivity contribution is 7.12. The SMILES string of the molecule is O=C(c1cccs1)[C@H]1OC(O)[C@H](O)[C@H]1O. The topological polar surface area (TPSA) is 87.0 Å². The molecule has 2 heterocycles. The van der Waals surface area contributed by atoms with Crippen LogP contribution in [0.4, 0.5) is 0 Å². The average molecular weight is 230 g/mol. The van der Waals surface area contributed by atoms with Gasteiger partial charge in [-0.3, -0.25) is 4.79 Å². The molecule has 2 rings (SSSR count). The van der Waals surface area contributed by atoms with Gasteiger partial charge in [0.2, 0.25) is 5.78 Å². The van der Waals surface area contributed by atoms with Gasteiger partial charge in [0, 0.05) is 0 Å². The molecule has 5 nitrogen and oxygen atoms in total. The molecule has 82 valence electrons. The molecule has 1 fully saturated rings. The van der Waals surface area contributed by atoms with Gasteiger partial charge in [-0.2, -0.15) is 0 Å². The van der Waals surface area contributed by atoms with Crippen LogP contribution in [0.3, 0.4) is 0 Å². The molecule has 15 heavy (non-hydrogen) atoms. The summed E-state index contributed by atoms with van der Waals surface area (Å²) in [4.78, 5) is 12.1. The van der Waals surface area contributed by atoms with E-state index >= 15 is 0 Å². The van der Waals surface area contributed by atoms with Crippen LogP contribution in [-0.2, 0) is 4.74 Å². The van der Waals surface area contributed by atoms with Crippen molar-refractivity contribution in [3.8, 4) is 0 Å². The fourth-order valence-electron chi connectivity index (χ4n) is 1.43. The zero-order valence-electron chi connectivity index (χ0n) is 7.61. The van der Waals surface area contributed by atoms with Gasteiger partial charge in [0.05, 0.1) is 4.88 Å². The molecule has 0 spiro atoms. The summed E-state index contributed by atoms with van der Waals surface area (Å²) in [7, 11) is 0. The van der Waals surface area contributed by atoms with Gasteiger partial charge in [-0.05, 0) is 11.4 Å². The van der Waals surface area contributed by atoms with E-state index in [1.807, 2.05) is 0 Å². The number of carbonyl (C=O) groups excluding carboxylic acids is 1. The summed E-state index contributed by atoms with van der Waals surface area (Å²) >= 11 is 1.22. The zero-order valence-corrected chi connectivity index (χ0v) is 8.42. The minimum absolute atomic E-state index is 0.423. The summed E-state index contributed by atoms with van der Waals surface area (Å²) in [6.07, 6.45) is -5.50. The van der Waals surface area contributed by atoms with E-state index in [0.29, 0.717) is 4.88 Å². The molecule has 0 bridgehead atoms. The van der Waals surface area contributed by atoms with Crippen LogP contribution in [0.5, 0.6) is 0 Å². The highest BCUT2D eigenvalue weighted by Crippen LogP contribution is 2.24. The van der Waals surface area contributed by atoms with Crippen molar-refractivity contribution in [2.24, 2.45) is 0 Å². The Labute approximate surface area is 89.5 Å². The van der Waals surface area contributed by atoms with Crippen molar-refractivity contribution in [3.05, 3.63) is 22.4 Å². The predicted octanol–water partition coefficient (Wildman–Crippen LogP) is -0.630. The highest BCUT2D eigenvalue weighted by atomic mass is 32.1. The number of carbonyl (C=O) groups is 1. The van der Waals surface area contributed by atoms with E-state index in [9.17, 15) is 15.0 Å². The third-order valence-electron chi connectivity index (χ3n) is 2.26. The number of thiophene rings is 1. The first-order valence-electron chi connectivity index (χ1n) is 4.38. The molecule has 1 aromatic heterocycles. The van der Waals surface area contributed by atoms with Crippen molar-refractivity contribution in [1.82, 2.24) is 0 Å². The first kappa shape index (κ1) is 10.7. The molecular weight excluding hydrogens is 220 g/mol. The maximum Gasteiger partial charge on any atom is 0.204 e. The van der Waals surface area contributed by atoms with Crippen LogP contribution in [0.25, 0.3) is 0 Å². The maximum atomic E-state index is 11.7. The second kappa shape index (κ2) is 3.99. The number of aliphatic hydroxyl groups is 3. The third kappa shape index (κ3) is 1.82. The van der Waals surface area contributed by atoms with Gasteiger partial charge in [-0.25, -0.2) is 0 Å². The first-order chi connectivity index (χ1) is 7.11. The van der Waals surface area contributed by atoms with Gasteiger partial charge < -0.3 is 20.1 Å². The second-order valence-electron chi connectivity index (χ2n) is 3.27. The molecule has 1 saturated heterocycles. The van der Waals surface area contributed by atoms with Gasteiger partial charge in [0.25, 0.3) is 0 Å². The molecule has 4 atom stereocenters. The predicted molar refractivity (Wildman–Crippen MR) is 51.5 cm³/mol. The van der Waals surface area contributed by atoms with E-state index in [0.717, 1.165) is 0 Å². The van der Waals surface area contributed by atoms with Gasteiger partial charge in [0.15, 0.2) is 12.4 Å². The molecule has 3 N–H and O–H groups in total. The van der Waals surface area contributed by atoms with Crippen LogP contribution in [0, 0.1) is 0 Å². The van der Waals surface area contributed by atoms with Crippen LogP contribution in [0.2, 0.25) is 0 Å². The summed E-state index contributed by atoms with van der Waals surface area (Å²) in [5.41, 5.74) is 0. The van der Waals surface area contributed by atoms with E-state index in [1.165, 1.54) is 11.3 Å². The van der Waals surface area contributed by atoms with E-state index in [4.69, 9.17) is 9.84 Å². The Bertz CT molecular complexity index is 349. The maximum absolute atomic E-state index is 11.7. The fourth-order valence-corrected chi connectivity index (χ4v) is 2.13. The quantitative estimate of drug-likeness (QED) is 0.589. The second-order valence-corrected chi connectivity index (χ2v) is 4.22. The van der Waals surface area contributed by atoms with Gasteiger partial charge in [0.1, 0.15) is 12.2 Å². The molecule has 0 aromatic carbocycles. The lowest BCUT2D eigenvalue weighted by atomic mass is 10.1. The molecule has 1 aliphatic rings. The number of ether oxygens (including phenoxy) is 1. The average Bonchev–Trinajstić information content (AvgIpc) is 2.82. The third-order valence-corrected chi connectivity index (χ3v) is 3.15. The molecule has 0 saturated carbocycles. The Morgan fingerprint density at radius 2 is 2.07 bits per heavy atom. The lowest BCUT2D eigenvalue weighted by Gasteiger charge is -2.11. The Kier molecular flexibility index (Phi) is 2.85. The monoisotopic (exact) mass is 230 g/mol. The normalized spacial score (nSPS) is 35.7. The smallest absolute Gasteiger partial charge is 0.204 e. The van der Waals surface area contributed by atoms with E-state index in [2.05, 4.69) is 0 Å². The van der Waals surface area contributed by atoms with Gasteiger partial charge >= 0.3 is 0 Å².